The zero-order chi connectivity index (χ0) is 14.9. The second kappa shape index (κ2) is 8.93. The Balaban J connectivity index is 1.79. The van der Waals surface area contributed by atoms with Crippen molar-refractivity contribution in [3.63, 3.8) is 0 Å². The normalized spacial score (nSPS) is 15.9. The maximum absolute atomic E-state index is 6.08. The zero-order valence-electron chi connectivity index (χ0n) is 13.6. The third kappa shape index (κ3) is 5.58. The fraction of sp³-hybridized carbons (Fsp3) is 0.667. The van der Waals surface area contributed by atoms with Crippen LogP contribution in [-0.4, -0.2) is 25.7 Å². The Bertz CT molecular complexity index is 414. The Labute approximate surface area is 129 Å². The number of piperidine rings is 1. The molecule has 0 aromatic heterocycles. The van der Waals surface area contributed by atoms with Gasteiger partial charge >= 0.3 is 0 Å². The summed E-state index contributed by atoms with van der Waals surface area (Å²) in [7, 11) is 0. The van der Waals surface area contributed by atoms with Crippen LogP contribution in [0.2, 0.25) is 0 Å². The number of hydrogen-bond donors (Lipinski definition) is 2. The molecule has 0 atom stereocenters. The van der Waals surface area contributed by atoms with Crippen molar-refractivity contribution in [1.82, 2.24) is 5.32 Å². The van der Waals surface area contributed by atoms with Crippen LogP contribution < -0.4 is 15.4 Å². The van der Waals surface area contributed by atoms with E-state index in [1.54, 1.807) is 0 Å². The summed E-state index contributed by atoms with van der Waals surface area (Å²) in [5.41, 5.74) is 2.51. The Morgan fingerprint density at radius 2 is 2.00 bits per heavy atom. The van der Waals surface area contributed by atoms with Gasteiger partial charge in [0, 0.05) is 12.2 Å². The van der Waals surface area contributed by atoms with E-state index in [9.17, 15) is 0 Å². The van der Waals surface area contributed by atoms with E-state index < -0.39 is 0 Å². The average molecular weight is 290 g/mol. The van der Waals surface area contributed by atoms with Crippen LogP contribution in [0.4, 0.5) is 5.69 Å². The van der Waals surface area contributed by atoms with E-state index in [-0.39, 0.29) is 0 Å². The fourth-order valence-electron chi connectivity index (χ4n) is 2.79. The Morgan fingerprint density at radius 1 is 1.19 bits per heavy atom. The van der Waals surface area contributed by atoms with Crippen LogP contribution in [0.15, 0.2) is 18.2 Å². The molecule has 2 N–H and O–H groups in total. The Morgan fingerprint density at radius 3 is 2.71 bits per heavy atom. The van der Waals surface area contributed by atoms with Crippen LogP contribution in [0.25, 0.3) is 0 Å². The third-order valence-electron chi connectivity index (χ3n) is 4.13. The smallest absolute Gasteiger partial charge is 0.120 e. The minimum Gasteiger partial charge on any atom is -0.490 e. The molecule has 0 amide bonds. The maximum Gasteiger partial charge on any atom is 0.120 e. The quantitative estimate of drug-likeness (QED) is 0.707. The van der Waals surface area contributed by atoms with E-state index in [2.05, 4.69) is 42.7 Å². The van der Waals surface area contributed by atoms with Gasteiger partial charge in [-0.25, -0.2) is 0 Å². The lowest BCUT2D eigenvalue weighted by Gasteiger charge is -2.24. The van der Waals surface area contributed by atoms with Crippen molar-refractivity contribution >= 4 is 5.69 Å². The molecule has 2 rings (SSSR count). The van der Waals surface area contributed by atoms with E-state index in [4.69, 9.17) is 4.74 Å². The van der Waals surface area contributed by atoms with Crippen molar-refractivity contribution < 1.29 is 4.74 Å². The van der Waals surface area contributed by atoms with Crippen LogP contribution in [0.1, 0.15) is 51.0 Å². The van der Waals surface area contributed by atoms with E-state index in [1.807, 2.05) is 0 Å². The van der Waals surface area contributed by atoms with Crippen LogP contribution >= 0.6 is 0 Å². The minimum absolute atomic E-state index is 0.374. The summed E-state index contributed by atoms with van der Waals surface area (Å²) >= 11 is 0. The van der Waals surface area contributed by atoms with Gasteiger partial charge in [-0.15, -0.1) is 0 Å². The van der Waals surface area contributed by atoms with Gasteiger partial charge in [-0.3, -0.25) is 0 Å². The molecule has 0 radical (unpaired) electrons. The van der Waals surface area contributed by atoms with Gasteiger partial charge in [0.25, 0.3) is 0 Å². The van der Waals surface area contributed by atoms with Crippen molar-refractivity contribution in [3.8, 4) is 5.75 Å². The molecule has 1 aromatic carbocycles. The molecule has 118 valence electrons. The van der Waals surface area contributed by atoms with Gasteiger partial charge in [-0.05, 0) is 63.0 Å². The highest BCUT2D eigenvalue weighted by Gasteiger charge is 2.14. The minimum atomic E-state index is 0.374. The Hall–Kier alpha value is -1.22. The molecule has 3 heteroatoms. The lowest BCUT2D eigenvalue weighted by molar-refractivity contribution is 0.162. The summed E-state index contributed by atoms with van der Waals surface area (Å²) in [5, 5.41) is 6.91. The lowest BCUT2D eigenvalue weighted by Crippen LogP contribution is -2.34. The standard InChI is InChI=1S/C18H30N2O/c1-3-4-5-6-11-20-18-8-7-17(14-15(18)2)21-16-9-12-19-13-10-16/h7-8,14,16,19-20H,3-6,9-13H2,1-2H3. The summed E-state index contributed by atoms with van der Waals surface area (Å²) in [6.45, 7) is 7.61. The summed E-state index contributed by atoms with van der Waals surface area (Å²) in [6, 6.07) is 6.42. The van der Waals surface area contributed by atoms with Crippen LogP contribution in [0.5, 0.6) is 5.75 Å². The molecule has 0 saturated carbocycles. The molecule has 0 aliphatic carbocycles. The number of benzene rings is 1. The van der Waals surface area contributed by atoms with Gasteiger partial charge in [0.15, 0.2) is 0 Å². The van der Waals surface area contributed by atoms with Crippen molar-refractivity contribution in [2.75, 3.05) is 25.0 Å². The fourth-order valence-corrected chi connectivity index (χ4v) is 2.79. The van der Waals surface area contributed by atoms with Crippen LogP contribution in [-0.2, 0) is 0 Å². The summed E-state index contributed by atoms with van der Waals surface area (Å²) in [5.74, 6) is 1.01. The first kappa shape index (κ1) is 16.2. The van der Waals surface area contributed by atoms with Crippen molar-refractivity contribution in [2.45, 2.75) is 58.5 Å². The highest BCUT2D eigenvalue weighted by atomic mass is 16.5. The molecular formula is C18H30N2O. The maximum atomic E-state index is 6.08. The number of ether oxygens (including phenoxy) is 1. The first-order valence-electron chi connectivity index (χ1n) is 8.51. The number of anilines is 1. The Kier molecular flexibility index (Phi) is 6.87. The van der Waals surface area contributed by atoms with E-state index in [1.165, 1.54) is 36.9 Å². The first-order valence-corrected chi connectivity index (χ1v) is 8.51. The molecule has 0 spiro atoms. The van der Waals surface area contributed by atoms with E-state index in [0.717, 1.165) is 38.2 Å². The number of hydrogen-bond acceptors (Lipinski definition) is 3. The van der Waals surface area contributed by atoms with Crippen molar-refractivity contribution in [2.24, 2.45) is 0 Å². The number of unbranched alkanes of at least 4 members (excludes halogenated alkanes) is 3. The predicted octanol–water partition coefficient (Wildman–Crippen LogP) is 4.12. The molecule has 1 aromatic rings. The lowest BCUT2D eigenvalue weighted by atomic mass is 10.1. The highest BCUT2D eigenvalue weighted by Crippen LogP contribution is 2.23. The van der Waals surface area contributed by atoms with Gasteiger partial charge in [-0.2, -0.15) is 0 Å². The second-order valence-corrected chi connectivity index (χ2v) is 6.03. The van der Waals surface area contributed by atoms with Crippen molar-refractivity contribution in [3.05, 3.63) is 23.8 Å². The van der Waals surface area contributed by atoms with Crippen LogP contribution in [0.3, 0.4) is 0 Å². The topological polar surface area (TPSA) is 33.3 Å². The summed E-state index contributed by atoms with van der Waals surface area (Å²) in [6.07, 6.45) is 7.79. The van der Waals surface area contributed by atoms with Gasteiger partial charge < -0.3 is 15.4 Å². The monoisotopic (exact) mass is 290 g/mol. The molecular weight excluding hydrogens is 260 g/mol. The van der Waals surface area contributed by atoms with Crippen LogP contribution in [0, 0.1) is 6.92 Å². The molecule has 1 fully saturated rings. The molecule has 0 bridgehead atoms. The largest absolute Gasteiger partial charge is 0.490 e. The molecule has 1 aliphatic heterocycles. The van der Waals surface area contributed by atoms with Gasteiger partial charge in [0.2, 0.25) is 0 Å². The van der Waals surface area contributed by atoms with Crippen molar-refractivity contribution in [1.29, 1.82) is 0 Å². The molecule has 1 heterocycles. The van der Waals surface area contributed by atoms with E-state index >= 15 is 0 Å². The van der Waals surface area contributed by atoms with Gasteiger partial charge in [-0.1, -0.05) is 26.2 Å². The molecule has 1 aliphatic rings. The molecule has 0 unspecified atom stereocenters. The summed E-state index contributed by atoms with van der Waals surface area (Å²) < 4.78 is 6.08. The summed E-state index contributed by atoms with van der Waals surface area (Å²) in [4.78, 5) is 0. The zero-order valence-corrected chi connectivity index (χ0v) is 13.6. The number of rotatable bonds is 8. The predicted molar refractivity (Wildman–Crippen MR) is 90.3 cm³/mol. The second-order valence-electron chi connectivity index (χ2n) is 6.03. The van der Waals surface area contributed by atoms with Gasteiger partial charge in [0.05, 0.1) is 0 Å². The molecule has 21 heavy (non-hydrogen) atoms. The number of aryl methyl sites for hydroxylation is 1. The van der Waals surface area contributed by atoms with E-state index in [0.29, 0.717) is 6.10 Å². The first-order chi connectivity index (χ1) is 10.3. The average Bonchev–Trinajstić information content (AvgIpc) is 2.50. The third-order valence-corrected chi connectivity index (χ3v) is 4.13. The number of nitrogens with one attached hydrogen (secondary N) is 2. The molecule has 3 nitrogen and oxygen atoms in total. The highest BCUT2D eigenvalue weighted by molar-refractivity contribution is 5.53. The SMILES string of the molecule is CCCCCCNc1ccc(OC2CCNCC2)cc1C. The van der Waals surface area contributed by atoms with Gasteiger partial charge in [0.1, 0.15) is 11.9 Å². The molecule has 1 saturated heterocycles.